The average Bonchev–Trinajstić information content (AvgIpc) is 2.95. The Bertz CT molecular complexity index is 1600. The second kappa shape index (κ2) is 12.6. The molecule has 222 valence electrons. The largest absolute Gasteiger partial charge is 0.455 e. The van der Waals surface area contributed by atoms with Crippen LogP contribution in [-0.2, 0) is 19.6 Å². The SMILES string of the molecule is Cc1ccc(N2CC(C(=O)Nc3cc(S(=O)(=O)N4CCCCC4)ccc3Oc3cc(Cl)cc(Cl)c3)CCC2=O)cc1C. The van der Waals surface area contributed by atoms with Crippen molar-refractivity contribution in [3.63, 3.8) is 0 Å². The molecule has 1 atom stereocenters. The van der Waals surface area contributed by atoms with Crippen LogP contribution in [0.5, 0.6) is 11.5 Å². The first-order chi connectivity index (χ1) is 20.0. The molecule has 2 amide bonds. The number of piperidine rings is 2. The van der Waals surface area contributed by atoms with Crippen molar-refractivity contribution in [2.75, 3.05) is 29.9 Å². The van der Waals surface area contributed by atoms with Crippen molar-refractivity contribution in [3.05, 3.63) is 75.8 Å². The molecule has 3 aromatic rings. The smallest absolute Gasteiger partial charge is 0.243 e. The maximum atomic E-state index is 13.6. The monoisotopic (exact) mass is 629 g/mol. The number of amides is 2. The minimum absolute atomic E-state index is 0.0428. The topological polar surface area (TPSA) is 96.0 Å². The minimum atomic E-state index is -3.78. The lowest BCUT2D eigenvalue weighted by Crippen LogP contribution is -2.44. The van der Waals surface area contributed by atoms with Gasteiger partial charge in [0.15, 0.2) is 5.75 Å². The Labute approximate surface area is 256 Å². The summed E-state index contributed by atoms with van der Waals surface area (Å²) in [5, 5.41) is 3.63. The van der Waals surface area contributed by atoms with E-state index >= 15 is 0 Å². The summed E-state index contributed by atoms with van der Waals surface area (Å²) in [7, 11) is -3.78. The number of sulfonamides is 1. The number of carbonyl (C=O) groups excluding carboxylic acids is 2. The number of nitrogens with one attached hydrogen (secondary N) is 1. The molecule has 0 aliphatic carbocycles. The molecule has 11 heteroatoms. The number of anilines is 2. The van der Waals surface area contributed by atoms with Crippen molar-refractivity contribution in [3.8, 4) is 11.5 Å². The summed E-state index contributed by atoms with van der Waals surface area (Å²) in [6.07, 6.45) is 3.19. The van der Waals surface area contributed by atoms with Crippen molar-refractivity contribution in [2.45, 2.75) is 50.8 Å². The maximum absolute atomic E-state index is 13.6. The average molecular weight is 631 g/mol. The van der Waals surface area contributed by atoms with Gasteiger partial charge in [0, 0.05) is 41.8 Å². The molecule has 42 heavy (non-hydrogen) atoms. The molecule has 3 aromatic carbocycles. The Morgan fingerprint density at radius 1 is 0.929 bits per heavy atom. The molecular weight excluding hydrogens is 597 g/mol. The van der Waals surface area contributed by atoms with Gasteiger partial charge in [-0.1, -0.05) is 35.7 Å². The Morgan fingerprint density at radius 2 is 1.64 bits per heavy atom. The van der Waals surface area contributed by atoms with E-state index in [4.69, 9.17) is 27.9 Å². The number of hydrogen-bond acceptors (Lipinski definition) is 5. The number of carbonyl (C=O) groups is 2. The number of hydrogen-bond donors (Lipinski definition) is 1. The zero-order chi connectivity index (χ0) is 30.0. The normalized spacial score (nSPS) is 18.1. The lowest BCUT2D eigenvalue weighted by Gasteiger charge is -2.32. The molecule has 2 fully saturated rings. The highest BCUT2D eigenvalue weighted by molar-refractivity contribution is 7.89. The minimum Gasteiger partial charge on any atom is -0.455 e. The van der Waals surface area contributed by atoms with Crippen LogP contribution in [0.4, 0.5) is 11.4 Å². The number of aryl methyl sites for hydroxylation is 2. The fourth-order valence-corrected chi connectivity index (χ4v) is 7.31. The second-order valence-corrected chi connectivity index (χ2v) is 13.6. The molecule has 1 N–H and O–H groups in total. The number of benzene rings is 3. The van der Waals surface area contributed by atoms with E-state index < -0.39 is 15.9 Å². The highest BCUT2D eigenvalue weighted by atomic mass is 35.5. The van der Waals surface area contributed by atoms with E-state index in [0.29, 0.717) is 35.3 Å². The van der Waals surface area contributed by atoms with Gasteiger partial charge in [-0.05, 0) is 92.8 Å². The summed E-state index contributed by atoms with van der Waals surface area (Å²) >= 11 is 12.3. The molecule has 0 aromatic heterocycles. The van der Waals surface area contributed by atoms with E-state index in [9.17, 15) is 18.0 Å². The first kappa shape index (κ1) is 30.4. The molecule has 8 nitrogen and oxygen atoms in total. The molecule has 1 unspecified atom stereocenters. The number of halogens is 2. The molecule has 2 aliphatic rings. The van der Waals surface area contributed by atoms with E-state index in [1.54, 1.807) is 23.1 Å². The van der Waals surface area contributed by atoms with Gasteiger partial charge in [-0.2, -0.15) is 4.31 Å². The summed E-state index contributed by atoms with van der Waals surface area (Å²) in [4.78, 5) is 28.2. The molecule has 0 spiro atoms. The Morgan fingerprint density at radius 3 is 2.33 bits per heavy atom. The van der Waals surface area contributed by atoms with E-state index in [1.165, 1.54) is 22.5 Å². The zero-order valence-corrected chi connectivity index (χ0v) is 25.9. The van der Waals surface area contributed by atoms with Crippen LogP contribution in [0.25, 0.3) is 0 Å². The van der Waals surface area contributed by atoms with E-state index in [-0.39, 0.29) is 41.1 Å². The zero-order valence-electron chi connectivity index (χ0n) is 23.5. The third-order valence-electron chi connectivity index (χ3n) is 7.81. The fraction of sp³-hybridized carbons (Fsp3) is 0.355. The summed E-state index contributed by atoms with van der Waals surface area (Å²) in [6, 6.07) is 14.9. The number of nitrogens with zero attached hydrogens (tertiary/aromatic N) is 2. The third-order valence-corrected chi connectivity index (χ3v) is 10.1. The van der Waals surface area contributed by atoms with Crippen molar-refractivity contribution in [1.29, 1.82) is 0 Å². The molecular formula is C31H33Cl2N3O5S. The molecule has 0 radical (unpaired) electrons. The third kappa shape index (κ3) is 6.75. The van der Waals surface area contributed by atoms with Gasteiger partial charge in [-0.3, -0.25) is 9.59 Å². The molecule has 5 rings (SSSR count). The van der Waals surface area contributed by atoms with Crippen LogP contribution in [0, 0.1) is 19.8 Å². The fourth-order valence-electron chi connectivity index (χ4n) is 5.26. The molecule has 0 bridgehead atoms. The predicted molar refractivity (Wildman–Crippen MR) is 165 cm³/mol. The standard InChI is InChI=1S/C31H33Cl2N3O5S/c1-20-6-8-25(14-21(20)2)36-19-22(7-11-30(36)37)31(38)34-28-18-27(42(39,40)35-12-4-3-5-13-35)9-10-29(28)41-26-16-23(32)15-24(33)17-26/h6,8-10,14-18,22H,3-5,7,11-13,19H2,1-2H3,(H,34,38). The second-order valence-electron chi connectivity index (χ2n) is 10.8. The molecule has 2 aliphatic heterocycles. The predicted octanol–water partition coefficient (Wildman–Crippen LogP) is 6.96. The van der Waals surface area contributed by atoms with Crippen molar-refractivity contribution < 1.29 is 22.7 Å². The van der Waals surface area contributed by atoms with E-state index in [2.05, 4.69) is 5.32 Å². The quantitative estimate of drug-likeness (QED) is 0.305. The summed E-state index contributed by atoms with van der Waals surface area (Å²) in [6.45, 7) is 5.10. The summed E-state index contributed by atoms with van der Waals surface area (Å²) in [5.41, 5.74) is 3.12. The van der Waals surface area contributed by atoms with Gasteiger partial charge < -0.3 is 15.0 Å². The van der Waals surface area contributed by atoms with E-state index in [0.717, 1.165) is 36.1 Å². The highest BCUT2D eigenvalue weighted by Gasteiger charge is 2.32. The van der Waals surface area contributed by atoms with Crippen molar-refractivity contribution in [1.82, 2.24) is 4.31 Å². The molecule has 0 saturated carbocycles. The van der Waals surface area contributed by atoms with Crippen molar-refractivity contribution >= 4 is 56.4 Å². The highest BCUT2D eigenvalue weighted by Crippen LogP contribution is 2.36. The van der Waals surface area contributed by atoms with Crippen LogP contribution in [0.1, 0.15) is 43.2 Å². The van der Waals surface area contributed by atoms with Crippen LogP contribution >= 0.6 is 23.2 Å². The van der Waals surface area contributed by atoms with Gasteiger partial charge in [0.1, 0.15) is 5.75 Å². The number of rotatable bonds is 7. The van der Waals surface area contributed by atoms with Crippen molar-refractivity contribution in [2.24, 2.45) is 5.92 Å². The van der Waals surface area contributed by atoms with Gasteiger partial charge >= 0.3 is 0 Å². The van der Waals surface area contributed by atoms with E-state index in [1.807, 2.05) is 32.0 Å². The lowest BCUT2D eigenvalue weighted by molar-refractivity contribution is -0.124. The maximum Gasteiger partial charge on any atom is 0.243 e. The first-order valence-electron chi connectivity index (χ1n) is 14.0. The van der Waals surface area contributed by atoms with Gasteiger partial charge in [-0.15, -0.1) is 0 Å². The van der Waals surface area contributed by atoms with Crippen LogP contribution in [0.3, 0.4) is 0 Å². The van der Waals surface area contributed by atoms with Crippen LogP contribution in [-0.4, -0.2) is 44.2 Å². The van der Waals surface area contributed by atoms with Gasteiger partial charge in [0.2, 0.25) is 21.8 Å². The molecule has 2 heterocycles. The summed E-state index contributed by atoms with van der Waals surface area (Å²) < 4.78 is 34.5. The first-order valence-corrected chi connectivity index (χ1v) is 16.2. The Kier molecular flexibility index (Phi) is 9.13. The molecule has 2 saturated heterocycles. The Hall–Kier alpha value is -3.11. The lowest BCUT2D eigenvalue weighted by atomic mass is 9.95. The van der Waals surface area contributed by atoms with Gasteiger partial charge in [-0.25, -0.2) is 8.42 Å². The summed E-state index contributed by atoms with van der Waals surface area (Å²) in [5.74, 6) is -0.326. The number of ether oxygens (including phenoxy) is 1. The van der Waals surface area contributed by atoms with Crippen LogP contribution in [0.2, 0.25) is 10.0 Å². The van der Waals surface area contributed by atoms with Crippen LogP contribution in [0.15, 0.2) is 59.5 Å². The van der Waals surface area contributed by atoms with Crippen LogP contribution < -0.4 is 15.0 Å². The van der Waals surface area contributed by atoms with Gasteiger partial charge in [0.25, 0.3) is 0 Å². The van der Waals surface area contributed by atoms with Gasteiger partial charge in [0.05, 0.1) is 16.5 Å². The Balaban J connectivity index is 1.44.